The van der Waals surface area contributed by atoms with Crippen molar-refractivity contribution >= 4 is 0 Å². The van der Waals surface area contributed by atoms with Gasteiger partial charge < -0.3 is 100 Å². The molecule has 552 valence electrons. The summed E-state index contributed by atoms with van der Waals surface area (Å²) in [5, 5.41) is 25.2. The van der Waals surface area contributed by atoms with Crippen LogP contribution in [0.3, 0.4) is 0 Å². The highest BCUT2D eigenvalue weighted by Crippen LogP contribution is 2.39. The number of ether oxygens (including phenoxy) is 19. The van der Waals surface area contributed by atoms with Crippen LogP contribution < -0.4 is 0 Å². The van der Waals surface area contributed by atoms with Crippen molar-refractivity contribution in [2.45, 2.75) is 360 Å². The van der Waals surface area contributed by atoms with E-state index in [0.717, 1.165) is 148 Å². The van der Waals surface area contributed by atoms with Crippen LogP contribution in [0.2, 0.25) is 0 Å². The molecule has 0 amide bonds. The second kappa shape index (κ2) is 53.1. The third-order valence-electron chi connectivity index (χ3n) is 17.5. The monoisotopic (exact) mass is 1340 g/mol. The predicted octanol–water partition coefficient (Wildman–Crippen LogP) is 12.1. The molecule has 4 fully saturated rings. The lowest BCUT2D eigenvalue weighted by atomic mass is 9.95. The number of hydrogen-bond donors (Lipinski definition) is 2. The first-order valence-corrected chi connectivity index (χ1v) is 37.8. The molecule has 0 aromatic heterocycles. The van der Waals surface area contributed by atoms with E-state index in [1.165, 1.54) is 0 Å². The van der Waals surface area contributed by atoms with Gasteiger partial charge in [-0.15, -0.1) is 0 Å². The van der Waals surface area contributed by atoms with Gasteiger partial charge in [-0.3, -0.25) is 0 Å². The smallest absolute Gasteiger partial charge is 0.187 e. The van der Waals surface area contributed by atoms with Crippen molar-refractivity contribution in [1.29, 1.82) is 0 Å². The average molecular weight is 1340 g/mol. The highest BCUT2D eigenvalue weighted by atomic mass is 16.8. The van der Waals surface area contributed by atoms with E-state index in [9.17, 15) is 10.2 Å². The Kier molecular flexibility index (Phi) is 48.3. The Morgan fingerprint density at radius 1 is 0.226 bits per heavy atom. The molecule has 0 bridgehead atoms. The average Bonchev–Trinajstić information content (AvgIpc) is 0.787. The molecule has 21 heteroatoms. The molecule has 0 saturated carbocycles. The van der Waals surface area contributed by atoms with Gasteiger partial charge >= 0.3 is 0 Å². The molecular formula is C72H138O21. The van der Waals surface area contributed by atoms with E-state index in [4.69, 9.17) is 90.0 Å². The van der Waals surface area contributed by atoms with Gasteiger partial charge in [-0.25, -0.2) is 0 Å². The standard InChI is InChI=1S/C72H138O21/c1-13-25-37-75-49-53-58(78-40-28-16-4)62(81-43-31-19-7)57(73)70(89-53)87-52-56-61(92-71-67(85-47-35-23-11)63(82-44-32-20-8)59(79-41-29-17-5)54(90-71)50-76-38-26-14-2)65(66(69(74)88-56)84-46-34-22-10)93-72-68(86-48-36-24-12)64(83-45-33-21-9)60(80-42-30-18-6)55(91-72)51-77-39-27-15-3/h53-74H,13-52H2,1-12H3/t53?,54?,55?,56?,57?,58-,59-,60-,61-,62?,63?,64?,65?,66?,67?,68?,69+,70-,71+,72+/m1/s1. The van der Waals surface area contributed by atoms with Crippen molar-refractivity contribution in [3.05, 3.63) is 0 Å². The molecule has 4 aliphatic heterocycles. The minimum atomic E-state index is -1.60. The van der Waals surface area contributed by atoms with Crippen LogP contribution in [0.5, 0.6) is 0 Å². The normalized spacial score (nSPS) is 31.8. The van der Waals surface area contributed by atoms with Gasteiger partial charge in [0.2, 0.25) is 0 Å². The molecule has 0 aliphatic carbocycles. The van der Waals surface area contributed by atoms with Crippen molar-refractivity contribution in [3.63, 3.8) is 0 Å². The van der Waals surface area contributed by atoms with Gasteiger partial charge in [0, 0.05) is 79.3 Å². The number of aliphatic hydroxyl groups is 2. The van der Waals surface area contributed by atoms with E-state index in [0.29, 0.717) is 79.1 Å². The second-order valence-electron chi connectivity index (χ2n) is 25.7. The molecular weight excluding hydrogens is 1200 g/mol. The summed E-state index contributed by atoms with van der Waals surface area (Å²) in [5.41, 5.74) is 0. The Morgan fingerprint density at radius 3 is 0.828 bits per heavy atom. The quantitative estimate of drug-likeness (QED) is 0.0541. The Morgan fingerprint density at radius 2 is 0.484 bits per heavy atom. The first kappa shape index (κ1) is 84.6. The molecule has 4 heterocycles. The van der Waals surface area contributed by atoms with Crippen molar-refractivity contribution < 1.29 is 100 Å². The molecule has 0 radical (unpaired) electrons. The molecule has 0 aromatic carbocycles. The van der Waals surface area contributed by atoms with Crippen LogP contribution in [0, 0.1) is 0 Å². The van der Waals surface area contributed by atoms with Crippen molar-refractivity contribution in [3.8, 4) is 0 Å². The maximum atomic E-state index is 12.7. The predicted molar refractivity (Wildman–Crippen MR) is 358 cm³/mol. The zero-order chi connectivity index (χ0) is 67.3. The van der Waals surface area contributed by atoms with Crippen molar-refractivity contribution in [2.75, 3.05) is 106 Å². The molecule has 2 N–H and O–H groups in total. The van der Waals surface area contributed by atoms with E-state index in [1.54, 1.807) is 0 Å². The molecule has 4 rings (SSSR count). The topological polar surface area (TPSA) is 216 Å². The number of aliphatic hydroxyl groups excluding tert-OH is 2. The largest absolute Gasteiger partial charge is 0.385 e. The van der Waals surface area contributed by atoms with Crippen LogP contribution in [0.1, 0.15) is 237 Å². The summed E-state index contributed by atoms with van der Waals surface area (Å²) in [6.07, 6.45) is 1.78. The first-order chi connectivity index (χ1) is 45.6. The highest BCUT2D eigenvalue weighted by Gasteiger charge is 2.58. The summed E-state index contributed by atoms with van der Waals surface area (Å²) < 4.78 is 131. The van der Waals surface area contributed by atoms with Crippen LogP contribution in [0.4, 0.5) is 0 Å². The first-order valence-electron chi connectivity index (χ1n) is 37.8. The lowest BCUT2D eigenvalue weighted by Crippen LogP contribution is -2.68. The molecule has 21 nitrogen and oxygen atoms in total. The summed E-state index contributed by atoms with van der Waals surface area (Å²) in [6.45, 7) is 31.1. The van der Waals surface area contributed by atoms with Crippen LogP contribution >= 0.6 is 0 Å². The zero-order valence-corrected chi connectivity index (χ0v) is 60.5. The molecule has 0 aromatic rings. The molecule has 12 unspecified atom stereocenters. The van der Waals surface area contributed by atoms with Crippen molar-refractivity contribution in [2.24, 2.45) is 0 Å². The Labute approximate surface area is 563 Å². The van der Waals surface area contributed by atoms with Crippen molar-refractivity contribution in [1.82, 2.24) is 0 Å². The summed E-state index contributed by atoms with van der Waals surface area (Å²) in [4.78, 5) is 0. The number of rotatable bonds is 58. The molecule has 4 aliphatic rings. The van der Waals surface area contributed by atoms with E-state index in [-0.39, 0.29) is 33.0 Å². The van der Waals surface area contributed by atoms with Crippen LogP contribution in [0.25, 0.3) is 0 Å². The maximum absolute atomic E-state index is 12.7. The van der Waals surface area contributed by atoms with E-state index >= 15 is 0 Å². The minimum absolute atomic E-state index is 0.182. The molecule has 4 saturated heterocycles. The van der Waals surface area contributed by atoms with Gasteiger partial charge in [0.1, 0.15) is 97.7 Å². The lowest BCUT2D eigenvalue weighted by Gasteiger charge is -2.52. The number of unbranched alkanes of at least 4 members (excludes halogenated alkanes) is 12. The van der Waals surface area contributed by atoms with Gasteiger partial charge in [0.15, 0.2) is 25.2 Å². The Balaban J connectivity index is 2.02. The summed E-state index contributed by atoms with van der Waals surface area (Å²) >= 11 is 0. The van der Waals surface area contributed by atoms with Gasteiger partial charge in [0.05, 0.1) is 26.4 Å². The zero-order valence-electron chi connectivity index (χ0n) is 60.5. The third-order valence-corrected chi connectivity index (χ3v) is 17.5. The maximum Gasteiger partial charge on any atom is 0.187 e. The molecule has 93 heavy (non-hydrogen) atoms. The van der Waals surface area contributed by atoms with E-state index in [2.05, 4.69) is 83.1 Å². The van der Waals surface area contributed by atoms with Gasteiger partial charge in [0.25, 0.3) is 0 Å². The molecule has 0 spiro atoms. The number of hydrogen-bond acceptors (Lipinski definition) is 21. The fraction of sp³-hybridized carbons (Fsp3) is 1.00. The minimum Gasteiger partial charge on any atom is -0.385 e. The second-order valence-corrected chi connectivity index (χ2v) is 25.7. The lowest BCUT2D eigenvalue weighted by molar-refractivity contribution is -0.398. The summed E-state index contributed by atoms with van der Waals surface area (Å²) in [6, 6.07) is 0. The van der Waals surface area contributed by atoms with Crippen LogP contribution in [-0.2, 0) is 90.0 Å². The van der Waals surface area contributed by atoms with E-state index < -0.39 is 123 Å². The van der Waals surface area contributed by atoms with Gasteiger partial charge in [-0.1, -0.05) is 160 Å². The van der Waals surface area contributed by atoms with E-state index in [1.807, 2.05) is 0 Å². The summed E-state index contributed by atoms with van der Waals surface area (Å²) in [7, 11) is 0. The van der Waals surface area contributed by atoms with Gasteiger partial charge in [-0.2, -0.15) is 0 Å². The van der Waals surface area contributed by atoms with Crippen LogP contribution in [0.15, 0.2) is 0 Å². The highest BCUT2D eigenvalue weighted by molar-refractivity contribution is 5.00. The Bertz CT molecular complexity index is 1710. The SMILES string of the molecule is CCCCOCC1O[C@@H](OCC2O[C@H](O)C(OCCCC)C(O[C@@H]3OC(COCCCC)[C@@H](OCCCC)C(OCCCC)C3OCCCC)[C@@H]2O[C@@H]2OC(COCCCC)[C@@H](OCCCC)C(OCCCC)C2OCCCC)C(O)C(OCCCC)[C@@H]1OCCCC. The molecule has 20 atom stereocenters. The third kappa shape index (κ3) is 30.1. The Hall–Kier alpha value is -0.840. The fourth-order valence-corrected chi connectivity index (χ4v) is 11.6. The summed E-state index contributed by atoms with van der Waals surface area (Å²) in [5.74, 6) is 0. The van der Waals surface area contributed by atoms with Gasteiger partial charge in [-0.05, 0) is 77.0 Å². The van der Waals surface area contributed by atoms with Crippen LogP contribution in [-0.4, -0.2) is 239 Å². The fourth-order valence-electron chi connectivity index (χ4n) is 11.6.